The van der Waals surface area contributed by atoms with Crippen molar-refractivity contribution in [2.45, 2.75) is 31.4 Å². The number of aliphatic hydroxyl groups is 1. The summed E-state index contributed by atoms with van der Waals surface area (Å²) in [6, 6.07) is 15.0. The molecule has 2 aromatic rings. The fourth-order valence-corrected chi connectivity index (χ4v) is 3.78. The van der Waals surface area contributed by atoms with Gasteiger partial charge in [-0.15, -0.1) is 0 Å². The maximum absolute atomic E-state index is 12.6. The molecule has 2 N–H and O–H groups in total. The Morgan fingerprint density at radius 2 is 1.80 bits per heavy atom. The average molecular weight is 336 g/mol. The van der Waals surface area contributed by atoms with Gasteiger partial charge in [0.05, 0.1) is 12.1 Å². The second-order valence-corrected chi connectivity index (χ2v) is 6.62. The highest BCUT2D eigenvalue weighted by Gasteiger charge is 2.33. The summed E-state index contributed by atoms with van der Waals surface area (Å²) in [5.74, 6) is -0.299. The van der Waals surface area contributed by atoms with Crippen LogP contribution in [0.4, 0.5) is 5.69 Å². The number of benzene rings is 2. The van der Waals surface area contributed by atoms with Gasteiger partial charge in [0.25, 0.3) is 0 Å². The predicted molar refractivity (Wildman–Crippen MR) is 94.2 cm³/mol. The molecule has 5 heteroatoms. The molecule has 5 nitrogen and oxygen atoms in total. The summed E-state index contributed by atoms with van der Waals surface area (Å²) in [5, 5.41) is 13.2. The van der Waals surface area contributed by atoms with Gasteiger partial charge in [0.1, 0.15) is 6.54 Å². The molecule has 0 saturated carbocycles. The maximum Gasteiger partial charge on any atom is 0.240 e. The monoisotopic (exact) mass is 336 g/mol. The van der Waals surface area contributed by atoms with E-state index in [1.165, 1.54) is 0 Å². The van der Waals surface area contributed by atoms with Crippen LogP contribution in [0, 0.1) is 0 Å². The quantitative estimate of drug-likeness (QED) is 0.897. The second-order valence-electron chi connectivity index (χ2n) is 6.62. The Kier molecular flexibility index (Phi) is 4.01. The van der Waals surface area contributed by atoms with E-state index in [1.54, 1.807) is 4.90 Å². The molecule has 25 heavy (non-hydrogen) atoms. The van der Waals surface area contributed by atoms with Gasteiger partial charge in [-0.3, -0.25) is 9.59 Å². The van der Waals surface area contributed by atoms with Crippen molar-refractivity contribution < 1.29 is 14.7 Å². The molecule has 4 rings (SSSR count). The highest BCUT2D eigenvalue weighted by atomic mass is 16.3. The van der Waals surface area contributed by atoms with Crippen LogP contribution < -0.4 is 10.2 Å². The highest BCUT2D eigenvalue weighted by Crippen LogP contribution is 2.31. The Labute approximate surface area is 146 Å². The van der Waals surface area contributed by atoms with Crippen LogP contribution in [-0.4, -0.2) is 29.6 Å². The van der Waals surface area contributed by atoms with Crippen molar-refractivity contribution in [1.82, 2.24) is 5.32 Å². The average Bonchev–Trinajstić information content (AvgIpc) is 2.93. The summed E-state index contributed by atoms with van der Waals surface area (Å²) in [6.45, 7) is -0.0266. The molecular weight excluding hydrogens is 316 g/mol. The van der Waals surface area contributed by atoms with E-state index in [2.05, 4.69) is 5.32 Å². The van der Waals surface area contributed by atoms with E-state index in [0.717, 1.165) is 22.4 Å². The summed E-state index contributed by atoms with van der Waals surface area (Å²) >= 11 is 0. The lowest BCUT2D eigenvalue weighted by molar-refractivity contribution is -0.125. The summed E-state index contributed by atoms with van der Waals surface area (Å²) in [5.41, 5.74) is 3.90. The molecule has 2 amide bonds. The van der Waals surface area contributed by atoms with Crippen LogP contribution >= 0.6 is 0 Å². The lowest BCUT2D eigenvalue weighted by atomic mass is 10.0. The minimum atomic E-state index is -0.634. The third-order valence-corrected chi connectivity index (χ3v) is 5.01. The second kappa shape index (κ2) is 6.33. The van der Waals surface area contributed by atoms with E-state index in [0.29, 0.717) is 19.3 Å². The van der Waals surface area contributed by atoms with Crippen molar-refractivity contribution in [3.8, 4) is 0 Å². The van der Waals surface area contributed by atoms with Crippen molar-refractivity contribution in [3.63, 3.8) is 0 Å². The number of nitrogens with zero attached hydrogens (tertiary/aromatic N) is 1. The van der Waals surface area contributed by atoms with E-state index in [9.17, 15) is 14.7 Å². The number of hydrogen-bond donors (Lipinski definition) is 2. The molecule has 0 spiro atoms. The van der Waals surface area contributed by atoms with E-state index in [4.69, 9.17) is 0 Å². The molecule has 2 aromatic carbocycles. The summed E-state index contributed by atoms with van der Waals surface area (Å²) < 4.78 is 0. The fraction of sp³-hybridized carbons (Fsp3) is 0.300. The summed E-state index contributed by atoms with van der Waals surface area (Å²) in [6.07, 6.45) is 1.03. The molecule has 0 saturated heterocycles. The predicted octanol–water partition coefficient (Wildman–Crippen LogP) is 1.74. The summed E-state index contributed by atoms with van der Waals surface area (Å²) in [7, 11) is 0. The Hall–Kier alpha value is -2.66. The smallest absolute Gasteiger partial charge is 0.240 e. The molecule has 2 atom stereocenters. The molecule has 128 valence electrons. The lowest BCUT2D eigenvalue weighted by Gasteiger charge is -2.29. The number of aryl methyl sites for hydroxylation is 1. The maximum atomic E-state index is 12.6. The molecule has 0 fully saturated rings. The molecular formula is C20H20N2O3. The van der Waals surface area contributed by atoms with Gasteiger partial charge in [0.2, 0.25) is 11.8 Å². The molecule has 1 aliphatic heterocycles. The number of fused-ring (bicyclic) bond motifs is 2. The van der Waals surface area contributed by atoms with Gasteiger partial charge < -0.3 is 15.3 Å². The van der Waals surface area contributed by atoms with Crippen LogP contribution in [0.5, 0.6) is 0 Å². The number of para-hydroxylation sites is 1. The third-order valence-electron chi connectivity index (χ3n) is 5.01. The van der Waals surface area contributed by atoms with Gasteiger partial charge in [0.15, 0.2) is 0 Å². The van der Waals surface area contributed by atoms with Crippen molar-refractivity contribution in [2.75, 3.05) is 11.4 Å². The topological polar surface area (TPSA) is 69.6 Å². The standard InChI is InChI=1S/C20H20N2O3/c23-17-11-14-6-1-3-7-15(14)20(17)21-18(24)12-22-16-8-4-2-5-13(16)9-10-19(22)25/h1-8,17,20,23H,9-12H2,(H,21,24). The minimum Gasteiger partial charge on any atom is -0.390 e. The van der Waals surface area contributed by atoms with Gasteiger partial charge in [0, 0.05) is 18.5 Å². The van der Waals surface area contributed by atoms with Gasteiger partial charge in [-0.05, 0) is 29.2 Å². The van der Waals surface area contributed by atoms with Crippen LogP contribution in [-0.2, 0) is 22.4 Å². The number of anilines is 1. The number of nitrogens with one attached hydrogen (secondary N) is 1. The normalized spacial score (nSPS) is 21.6. The van der Waals surface area contributed by atoms with Crippen LogP contribution in [0.25, 0.3) is 0 Å². The van der Waals surface area contributed by atoms with E-state index >= 15 is 0 Å². The first kappa shape index (κ1) is 15.8. The first-order valence-corrected chi connectivity index (χ1v) is 8.57. The molecule has 2 aliphatic rings. The van der Waals surface area contributed by atoms with Crippen molar-refractivity contribution in [2.24, 2.45) is 0 Å². The molecule has 0 aromatic heterocycles. The van der Waals surface area contributed by atoms with Crippen LogP contribution in [0.1, 0.15) is 29.2 Å². The first-order chi connectivity index (χ1) is 12.1. The molecule has 0 radical (unpaired) electrons. The molecule has 2 unspecified atom stereocenters. The van der Waals surface area contributed by atoms with Gasteiger partial charge in [-0.2, -0.15) is 0 Å². The van der Waals surface area contributed by atoms with Gasteiger partial charge >= 0.3 is 0 Å². The lowest BCUT2D eigenvalue weighted by Crippen LogP contribution is -2.45. The number of carbonyl (C=O) groups is 2. The number of hydrogen-bond acceptors (Lipinski definition) is 3. The van der Waals surface area contributed by atoms with Crippen molar-refractivity contribution in [3.05, 3.63) is 65.2 Å². The molecule has 1 aliphatic carbocycles. The fourth-order valence-electron chi connectivity index (χ4n) is 3.78. The zero-order valence-corrected chi connectivity index (χ0v) is 13.8. The first-order valence-electron chi connectivity index (χ1n) is 8.57. The van der Waals surface area contributed by atoms with Gasteiger partial charge in [-0.25, -0.2) is 0 Å². The van der Waals surface area contributed by atoms with Gasteiger partial charge in [-0.1, -0.05) is 42.5 Å². The molecule has 1 heterocycles. The zero-order chi connectivity index (χ0) is 17.4. The number of aliphatic hydroxyl groups excluding tert-OH is 1. The Morgan fingerprint density at radius 1 is 1.08 bits per heavy atom. The van der Waals surface area contributed by atoms with Crippen LogP contribution in [0.2, 0.25) is 0 Å². The van der Waals surface area contributed by atoms with Crippen LogP contribution in [0.15, 0.2) is 48.5 Å². The van der Waals surface area contributed by atoms with Crippen LogP contribution in [0.3, 0.4) is 0 Å². The van der Waals surface area contributed by atoms with E-state index in [-0.39, 0.29) is 18.4 Å². The Bertz CT molecular complexity index is 833. The van der Waals surface area contributed by atoms with E-state index < -0.39 is 12.1 Å². The van der Waals surface area contributed by atoms with Crippen molar-refractivity contribution in [1.29, 1.82) is 0 Å². The largest absolute Gasteiger partial charge is 0.390 e. The van der Waals surface area contributed by atoms with E-state index in [1.807, 2.05) is 48.5 Å². The number of amides is 2. The Balaban J connectivity index is 1.51. The Morgan fingerprint density at radius 3 is 2.64 bits per heavy atom. The SMILES string of the molecule is O=C(CN1C(=O)CCc2ccccc21)NC1c2ccccc2CC1O. The van der Waals surface area contributed by atoms with Crippen molar-refractivity contribution >= 4 is 17.5 Å². The highest BCUT2D eigenvalue weighted by molar-refractivity contribution is 6.01. The number of rotatable bonds is 3. The number of carbonyl (C=O) groups excluding carboxylic acids is 2. The summed E-state index contributed by atoms with van der Waals surface area (Å²) in [4.78, 5) is 26.4. The third kappa shape index (κ3) is 2.91. The zero-order valence-electron chi connectivity index (χ0n) is 13.8. The minimum absolute atomic E-state index is 0.0266. The molecule has 0 bridgehead atoms.